The smallest absolute Gasteiger partial charge is 0.222 e. The van der Waals surface area contributed by atoms with Gasteiger partial charge < -0.3 is 20.1 Å². The summed E-state index contributed by atoms with van der Waals surface area (Å²) in [6, 6.07) is 15.4. The summed E-state index contributed by atoms with van der Waals surface area (Å²) in [5.74, 6) is 2.11. The van der Waals surface area contributed by atoms with Gasteiger partial charge in [0.25, 0.3) is 0 Å². The van der Waals surface area contributed by atoms with E-state index in [4.69, 9.17) is 9.47 Å². The monoisotopic (exact) mass is 529 g/mol. The van der Waals surface area contributed by atoms with E-state index in [1.165, 1.54) is 0 Å². The van der Waals surface area contributed by atoms with Crippen molar-refractivity contribution in [2.75, 3.05) is 19.6 Å². The Balaban J connectivity index is 1.30. The maximum Gasteiger partial charge on any atom is 0.222 e. The van der Waals surface area contributed by atoms with Crippen LogP contribution in [-0.4, -0.2) is 58.5 Å². The van der Waals surface area contributed by atoms with E-state index in [1.54, 1.807) is 0 Å². The normalized spacial score (nSPS) is 20.9. The van der Waals surface area contributed by atoms with E-state index in [9.17, 15) is 9.59 Å². The summed E-state index contributed by atoms with van der Waals surface area (Å²) >= 11 is 0. The van der Waals surface area contributed by atoms with Crippen LogP contribution in [0.3, 0.4) is 0 Å². The SMILES string of the molecule is CCc1ncc(CN2C[C@@H]3NC(=O)CCNC(=O)CCc4ccc(cc4)Oc4cccc(c4)CO[C@H]3C2)cn1. The molecule has 1 fully saturated rings. The Labute approximate surface area is 228 Å². The van der Waals surface area contributed by atoms with Crippen LogP contribution >= 0.6 is 0 Å². The molecule has 0 radical (unpaired) electrons. The number of benzene rings is 2. The summed E-state index contributed by atoms with van der Waals surface area (Å²) in [6.07, 6.45) is 5.54. The summed E-state index contributed by atoms with van der Waals surface area (Å²) < 4.78 is 12.4. The standard InChI is InChI=1S/C30H35N5O4/c1-2-28-32-15-23(16-33-28)17-35-18-26-27(19-35)38-20-22-4-3-5-25(14-22)39-24-9-6-21(7-10-24)8-11-29(36)31-13-12-30(37)34-26/h3-7,9-10,14-16,26-27H,2,8,11-13,17-20H2,1H3,(H,31,36)(H,34,37)/t26-,27-/m0/s1. The molecular formula is C30H35N5O4. The van der Waals surface area contributed by atoms with Gasteiger partial charge in [0.2, 0.25) is 11.8 Å². The molecule has 39 heavy (non-hydrogen) atoms. The second-order valence-electron chi connectivity index (χ2n) is 10.1. The van der Waals surface area contributed by atoms with Crippen molar-refractivity contribution < 1.29 is 19.1 Å². The summed E-state index contributed by atoms with van der Waals surface area (Å²) in [5.41, 5.74) is 3.07. The molecule has 2 amide bonds. The summed E-state index contributed by atoms with van der Waals surface area (Å²) in [4.78, 5) is 36.2. The van der Waals surface area contributed by atoms with E-state index in [0.29, 0.717) is 45.6 Å². The van der Waals surface area contributed by atoms with E-state index in [0.717, 1.165) is 40.4 Å². The van der Waals surface area contributed by atoms with Crippen molar-refractivity contribution in [2.24, 2.45) is 0 Å². The van der Waals surface area contributed by atoms with Crippen molar-refractivity contribution >= 4 is 11.8 Å². The van der Waals surface area contributed by atoms with Crippen LogP contribution < -0.4 is 15.4 Å². The first-order valence-electron chi connectivity index (χ1n) is 13.6. The first-order valence-corrected chi connectivity index (χ1v) is 13.6. The fourth-order valence-corrected chi connectivity index (χ4v) is 4.90. The highest BCUT2D eigenvalue weighted by Gasteiger charge is 2.34. The molecule has 1 aromatic heterocycles. The quantitative estimate of drug-likeness (QED) is 0.537. The summed E-state index contributed by atoms with van der Waals surface area (Å²) in [7, 11) is 0. The van der Waals surface area contributed by atoms with Gasteiger partial charge in [-0.3, -0.25) is 14.5 Å². The largest absolute Gasteiger partial charge is 0.457 e. The van der Waals surface area contributed by atoms with Crippen LogP contribution in [0, 0.1) is 0 Å². The maximum absolute atomic E-state index is 12.8. The summed E-state index contributed by atoms with van der Waals surface area (Å²) in [6.45, 7) is 4.72. The highest BCUT2D eigenvalue weighted by molar-refractivity contribution is 5.79. The Morgan fingerprint density at radius 1 is 0.923 bits per heavy atom. The predicted molar refractivity (Wildman–Crippen MR) is 146 cm³/mol. The molecule has 9 nitrogen and oxygen atoms in total. The van der Waals surface area contributed by atoms with Crippen molar-refractivity contribution in [3.8, 4) is 11.5 Å². The van der Waals surface area contributed by atoms with Gasteiger partial charge >= 0.3 is 0 Å². The van der Waals surface area contributed by atoms with Crippen molar-refractivity contribution in [3.05, 3.63) is 83.4 Å². The number of rotatable bonds is 3. The number of aryl methyl sites for hydroxylation is 2. The second kappa shape index (κ2) is 12.8. The molecule has 3 aliphatic rings. The Bertz CT molecular complexity index is 1270. The van der Waals surface area contributed by atoms with Gasteiger partial charge in [0, 0.05) is 63.4 Å². The van der Waals surface area contributed by atoms with E-state index in [-0.39, 0.29) is 30.4 Å². The zero-order chi connectivity index (χ0) is 27.0. The second-order valence-corrected chi connectivity index (χ2v) is 10.1. The number of aromatic nitrogens is 2. The molecule has 6 rings (SSSR count). The average Bonchev–Trinajstić information content (AvgIpc) is 3.32. The lowest BCUT2D eigenvalue weighted by molar-refractivity contribution is -0.123. The molecule has 1 saturated heterocycles. The van der Waals surface area contributed by atoms with Gasteiger partial charge in [-0.2, -0.15) is 0 Å². The third-order valence-electron chi connectivity index (χ3n) is 7.01. The van der Waals surface area contributed by atoms with Gasteiger partial charge in [-0.25, -0.2) is 9.97 Å². The van der Waals surface area contributed by atoms with Crippen LogP contribution in [0.1, 0.15) is 42.3 Å². The molecular weight excluding hydrogens is 494 g/mol. The van der Waals surface area contributed by atoms with E-state index < -0.39 is 0 Å². The highest BCUT2D eigenvalue weighted by Crippen LogP contribution is 2.24. The van der Waals surface area contributed by atoms with Crippen LogP contribution in [0.15, 0.2) is 60.9 Å². The molecule has 0 spiro atoms. The predicted octanol–water partition coefficient (Wildman–Crippen LogP) is 3.17. The Morgan fingerprint density at radius 3 is 2.54 bits per heavy atom. The number of carbonyl (C=O) groups excluding carboxylic acids is 2. The number of likely N-dealkylation sites (tertiary alicyclic amines) is 1. The number of ether oxygens (including phenoxy) is 2. The molecule has 4 heterocycles. The van der Waals surface area contributed by atoms with E-state index in [2.05, 4.69) is 25.5 Å². The van der Waals surface area contributed by atoms with Crippen LogP contribution in [0.4, 0.5) is 0 Å². The van der Waals surface area contributed by atoms with Crippen LogP contribution in [0.2, 0.25) is 0 Å². The van der Waals surface area contributed by atoms with Gasteiger partial charge in [0.1, 0.15) is 17.3 Å². The minimum absolute atomic E-state index is 0.0705. The number of fused-ring (bicyclic) bond motifs is 10. The fraction of sp³-hybridized carbons (Fsp3) is 0.400. The Kier molecular flexibility index (Phi) is 8.80. The number of hydrogen-bond acceptors (Lipinski definition) is 7. The van der Waals surface area contributed by atoms with Crippen molar-refractivity contribution in [3.63, 3.8) is 0 Å². The number of hydrogen-bond donors (Lipinski definition) is 2. The molecule has 0 saturated carbocycles. The molecule has 4 bridgehead atoms. The molecule has 0 aliphatic carbocycles. The van der Waals surface area contributed by atoms with Gasteiger partial charge in [-0.15, -0.1) is 0 Å². The first kappa shape index (κ1) is 26.8. The van der Waals surface area contributed by atoms with Gasteiger partial charge in [0.05, 0.1) is 18.8 Å². The van der Waals surface area contributed by atoms with Crippen LogP contribution in [-0.2, 0) is 40.3 Å². The average molecular weight is 530 g/mol. The van der Waals surface area contributed by atoms with Gasteiger partial charge in [0.15, 0.2) is 0 Å². The molecule has 2 N–H and O–H groups in total. The summed E-state index contributed by atoms with van der Waals surface area (Å²) in [5, 5.41) is 6.00. The molecule has 0 unspecified atom stereocenters. The lowest BCUT2D eigenvalue weighted by Gasteiger charge is -2.21. The van der Waals surface area contributed by atoms with Crippen molar-refractivity contribution in [2.45, 2.75) is 57.9 Å². The molecule has 204 valence electrons. The molecule has 9 heteroatoms. The topological polar surface area (TPSA) is 106 Å². The highest BCUT2D eigenvalue weighted by atomic mass is 16.5. The zero-order valence-electron chi connectivity index (χ0n) is 22.3. The van der Waals surface area contributed by atoms with Crippen molar-refractivity contribution in [1.82, 2.24) is 25.5 Å². The first-order chi connectivity index (χ1) is 19.0. The van der Waals surface area contributed by atoms with Gasteiger partial charge in [-0.05, 0) is 41.8 Å². The van der Waals surface area contributed by atoms with Crippen LogP contribution in [0.25, 0.3) is 0 Å². The minimum atomic E-state index is -0.193. The lowest BCUT2D eigenvalue weighted by Crippen LogP contribution is -2.44. The van der Waals surface area contributed by atoms with Crippen LogP contribution in [0.5, 0.6) is 11.5 Å². The van der Waals surface area contributed by atoms with Gasteiger partial charge in [-0.1, -0.05) is 31.2 Å². The fourth-order valence-electron chi connectivity index (χ4n) is 4.90. The molecule has 2 aromatic carbocycles. The third kappa shape index (κ3) is 7.61. The Hall–Kier alpha value is -3.82. The number of amides is 2. The molecule has 3 aromatic rings. The maximum atomic E-state index is 12.8. The number of carbonyl (C=O) groups is 2. The number of nitrogens with one attached hydrogen (secondary N) is 2. The van der Waals surface area contributed by atoms with Crippen molar-refractivity contribution in [1.29, 1.82) is 0 Å². The zero-order valence-corrected chi connectivity index (χ0v) is 22.3. The molecule has 2 atom stereocenters. The minimum Gasteiger partial charge on any atom is -0.457 e. The lowest BCUT2D eigenvalue weighted by atomic mass is 10.1. The van der Waals surface area contributed by atoms with E-state index in [1.807, 2.05) is 67.8 Å². The number of nitrogens with zero attached hydrogens (tertiary/aromatic N) is 3. The van der Waals surface area contributed by atoms with E-state index >= 15 is 0 Å². The Morgan fingerprint density at radius 2 is 1.74 bits per heavy atom. The third-order valence-corrected chi connectivity index (χ3v) is 7.01. The molecule has 3 aliphatic heterocycles.